The van der Waals surface area contributed by atoms with E-state index in [0.717, 1.165) is 25.2 Å². The molecule has 0 aromatic heterocycles. The number of amides is 2. The van der Waals surface area contributed by atoms with Gasteiger partial charge in [0.05, 0.1) is 0 Å². The second kappa shape index (κ2) is 7.68. The van der Waals surface area contributed by atoms with Gasteiger partial charge >= 0.3 is 6.03 Å². The van der Waals surface area contributed by atoms with Crippen molar-refractivity contribution in [3.63, 3.8) is 0 Å². The molecule has 2 amide bonds. The minimum atomic E-state index is -0.146. The fraction of sp³-hybridized carbons (Fsp3) is 0.462. The molecule has 4 nitrogen and oxygen atoms in total. The molecule has 0 spiro atoms. The fourth-order valence-corrected chi connectivity index (χ4v) is 1.44. The van der Waals surface area contributed by atoms with Crippen molar-refractivity contribution in [2.24, 2.45) is 0 Å². The van der Waals surface area contributed by atoms with E-state index in [0.29, 0.717) is 6.54 Å². The van der Waals surface area contributed by atoms with E-state index in [1.54, 1.807) is 0 Å². The fourth-order valence-electron chi connectivity index (χ4n) is 1.44. The maximum absolute atomic E-state index is 11.5. The zero-order valence-corrected chi connectivity index (χ0v) is 10.5. The Morgan fingerprint density at radius 2 is 2.12 bits per heavy atom. The quantitative estimate of drug-likeness (QED) is 0.709. The van der Waals surface area contributed by atoms with Gasteiger partial charge in [-0.15, -0.1) is 0 Å². The predicted molar refractivity (Wildman–Crippen MR) is 71.1 cm³/mol. The molecule has 0 heterocycles. The van der Waals surface area contributed by atoms with Crippen LogP contribution in [0.4, 0.5) is 10.5 Å². The summed E-state index contributed by atoms with van der Waals surface area (Å²) in [5.74, 6) is 0. The molecule has 1 aromatic carbocycles. The van der Waals surface area contributed by atoms with Gasteiger partial charge in [-0.1, -0.05) is 26.0 Å². The second-order valence-electron chi connectivity index (χ2n) is 3.86. The van der Waals surface area contributed by atoms with Crippen LogP contribution in [0, 0.1) is 0 Å². The highest BCUT2D eigenvalue weighted by Gasteiger charge is 2.00. The van der Waals surface area contributed by atoms with Crippen LogP contribution in [0.5, 0.6) is 0 Å². The predicted octanol–water partition coefficient (Wildman–Crippen LogP) is 2.33. The SMILES string of the molecule is CCCNC(=O)Nc1cccc(CNCC)c1. The lowest BCUT2D eigenvalue weighted by atomic mass is 10.2. The number of urea groups is 1. The molecule has 0 unspecified atom stereocenters. The van der Waals surface area contributed by atoms with Gasteiger partial charge in [-0.05, 0) is 30.7 Å². The number of carbonyl (C=O) groups is 1. The minimum Gasteiger partial charge on any atom is -0.338 e. The van der Waals surface area contributed by atoms with Crippen molar-refractivity contribution in [2.45, 2.75) is 26.8 Å². The highest BCUT2D eigenvalue weighted by Crippen LogP contribution is 2.10. The van der Waals surface area contributed by atoms with Crippen LogP contribution in [0.2, 0.25) is 0 Å². The Morgan fingerprint density at radius 1 is 1.29 bits per heavy atom. The molecule has 0 saturated heterocycles. The third-order valence-electron chi connectivity index (χ3n) is 2.30. The summed E-state index contributed by atoms with van der Waals surface area (Å²) in [5, 5.41) is 8.84. The number of hydrogen-bond donors (Lipinski definition) is 3. The molecule has 4 heteroatoms. The molecule has 0 radical (unpaired) electrons. The first-order valence-electron chi connectivity index (χ1n) is 6.10. The second-order valence-corrected chi connectivity index (χ2v) is 3.86. The van der Waals surface area contributed by atoms with Crippen LogP contribution in [0.15, 0.2) is 24.3 Å². The van der Waals surface area contributed by atoms with Crippen molar-refractivity contribution in [1.82, 2.24) is 10.6 Å². The van der Waals surface area contributed by atoms with Crippen LogP contribution in [0.25, 0.3) is 0 Å². The van der Waals surface area contributed by atoms with Crippen molar-refractivity contribution in [2.75, 3.05) is 18.4 Å². The largest absolute Gasteiger partial charge is 0.338 e. The highest BCUT2D eigenvalue weighted by atomic mass is 16.2. The molecule has 0 aliphatic rings. The van der Waals surface area contributed by atoms with Crippen molar-refractivity contribution in [1.29, 1.82) is 0 Å². The number of nitrogens with one attached hydrogen (secondary N) is 3. The zero-order chi connectivity index (χ0) is 12.5. The Hall–Kier alpha value is -1.55. The summed E-state index contributed by atoms with van der Waals surface area (Å²) < 4.78 is 0. The van der Waals surface area contributed by atoms with Gasteiger partial charge in [-0.25, -0.2) is 4.79 Å². The summed E-state index contributed by atoms with van der Waals surface area (Å²) >= 11 is 0. The molecule has 0 saturated carbocycles. The number of benzene rings is 1. The molecule has 94 valence electrons. The summed E-state index contributed by atoms with van der Waals surface area (Å²) in [5.41, 5.74) is 1.99. The first-order chi connectivity index (χ1) is 8.26. The van der Waals surface area contributed by atoms with Gasteiger partial charge in [0.2, 0.25) is 0 Å². The van der Waals surface area contributed by atoms with Crippen LogP contribution < -0.4 is 16.0 Å². The lowest BCUT2D eigenvalue weighted by Gasteiger charge is -2.08. The van der Waals surface area contributed by atoms with Gasteiger partial charge in [0.25, 0.3) is 0 Å². The summed E-state index contributed by atoms with van der Waals surface area (Å²) in [6.07, 6.45) is 0.938. The van der Waals surface area contributed by atoms with Crippen LogP contribution in [-0.2, 0) is 6.54 Å². The van der Waals surface area contributed by atoms with E-state index in [1.807, 2.05) is 31.2 Å². The Balaban J connectivity index is 2.50. The maximum Gasteiger partial charge on any atom is 0.319 e. The molecule has 0 atom stereocenters. The number of carbonyl (C=O) groups excluding carboxylic acids is 1. The molecule has 1 aromatic rings. The summed E-state index contributed by atoms with van der Waals surface area (Å²) in [7, 11) is 0. The average molecular weight is 235 g/mol. The third kappa shape index (κ3) is 5.36. The smallest absolute Gasteiger partial charge is 0.319 e. The normalized spacial score (nSPS) is 10.0. The zero-order valence-electron chi connectivity index (χ0n) is 10.5. The molecule has 0 bridgehead atoms. The molecule has 0 aliphatic carbocycles. The number of anilines is 1. The minimum absolute atomic E-state index is 0.146. The van der Waals surface area contributed by atoms with E-state index in [9.17, 15) is 4.79 Å². The van der Waals surface area contributed by atoms with Crippen molar-refractivity contribution in [3.05, 3.63) is 29.8 Å². The lowest BCUT2D eigenvalue weighted by Crippen LogP contribution is -2.29. The first kappa shape index (κ1) is 13.5. The first-order valence-corrected chi connectivity index (χ1v) is 6.10. The summed E-state index contributed by atoms with van der Waals surface area (Å²) in [6, 6.07) is 7.71. The van der Waals surface area contributed by atoms with Gasteiger partial charge in [0, 0.05) is 18.8 Å². The van der Waals surface area contributed by atoms with Crippen LogP contribution in [-0.4, -0.2) is 19.1 Å². The van der Waals surface area contributed by atoms with E-state index in [4.69, 9.17) is 0 Å². The van der Waals surface area contributed by atoms with Crippen LogP contribution in [0.1, 0.15) is 25.8 Å². The summed E-state index contributed by atoms with van der Waals surface area (Å²) in [4.78, 5) is 11.5. The molecule has 17 heavy (non-hydrogen) atoms. The van der Waals surface area contributed by atoms with Crippen molar-refractivity contribution >= 4 is 11.7 Å². The Morgan fingerprint density at radius 3 is 2.82 bits per heavy atom. The number of rotatable bonds is 6. The van der Waals surface area contributed by atoms with E-state index >= 15 is 0 Å². The van der Waals surface area contributed by atoms with E-state index < -0.39 is 0 Å². The van der Waals surface area contributed by atoms with E-state index in [1.165, 1.54) is 5.56 Å². The van der Waals surface area contributed by atoms with Gasteiger partial charge < -0.3 is 16.0 Å². The monoisotopic (exact) mass is 235 g/mol. The van der Waals surface area contributed by atoms with Crippen molar-refractivity contribution in [3.8, 4) is 0 Å². The van der Waals surface area contributed by atoms with Gasteiger partial charge in [0.15, 0.2) is 0 Å². The molecule has 3 N–H and O–H groups in total. The third-order valence-corrected chi connectivity index (χ3v) is 2.30. The van der Waals surface area contributed by atoms with Gasteiger partial charge in [-0.3, -0.25) is 0 Å². The van der Waals surface area contributed by atoms with E-state index in [2.05, 4.69) is 22.9 Å². The standard InChI is InChI=1S/C13H21N3O/c1-3-8-15-13(17)16-12-7-5-6-11(9-12)10-14-4-2/h5-7,9,14H,3-4,8,10H2,1-2H3,(H2,15,16,17). The Labute approximate surface area is 103 Å². The Kier molecular flexibility index (Phi) is 6.10. The summed E-state index contributed by atoms with van der Waals surface area (Å²) in [6.45, 7) is 6.55. The van der Waals surface area contributed by atoms with Gasteiger partial charge in [0.1, 0.15) is 0 Å². The lowest BCUT2D eigenvalue weighted by molar-refractivity contribution is 0.252. The molecule has 1 rings (SSSR count). The highest BCUT2D eigenvalue weighted by molar-refractivity contribution is 5.89. The molecular weight excluding hydrogens is 214 g/mol. The number of hydrogen-bond acceptors (Lipinski definition) is 2. The van der Waals surface area contributed by atoms with Crippen LogP contribution in [0.3, 0.4) is 0 Å². The molecule has 0 fully saturated rings. The van der Waals surface area contributed by atoms with Crippen LogP contribution >= 0.6 is 0 Å². The average Bonchev–Trinajstić information content (AvgIpc) is 2.34. The maximum atomic E-state index is 11.5. The van der Waals surface area contributed by atoms with E-state index in [-0.39, 0.29) is 6.03 Å². The Bertz CT molecular complexity index is 352. The topological polar surface area (TPSA) is 53.2 Å². The van der Waals surface area contributed by atoms with Crippen molar-refractivity contribution < 1.29 is 4.79 Å². The van der Waals surface area contributed by atoms with Gasteiger partial charge in [-0.2, -0.15) is 0 Å². The molecule has 0 aliphatic heterocycles. The molecular formula is C13H21N3O.